The maximum absolute atomic E-state index is 12.1. The molecule has 5 nitrogen and oxygen atoms in total. The molecule has 5 heteroatoms. The molecule has 0 aromatic heterocycles. The molecule has 0 saturated carbocycles. The van der Waals surface area contributed by atoms with Crippen molar-refractivity contribution in [2.75, 3.05) is 5.32 Å². The van der Waals surface area contributed by atoms with Crippen molar-refractivity contribution in [1.82, 2.24) is 0 Å². The Morgan fingerprint density at radius 2 is 1.79 bits per heavy atom. The normalized spacial score (nSPS) is 15.1. The van der Waals surface area contributed by atoms with Crippen LogP contribution < -0.4 is 5.32 Å². The predicted octanol–water partition coefficient (Wildman–Crippen LogP) is 4.30. The highest BCUT2D eigenvalue weighted by molar-refractivity contribution is 6.48. The lowest BCUT2D eigenvalue weighted by Crippen LogP contribution is -2.25. The van der Waals surface area contributed by atoms with Crippen LogP contribution in [-0.4, -0.2) is 23.6 Å². The third kappa shape index (κ3) is 5.78. The van der Waals surface area contributed by atoms with Crippen LogP contribution in [0.2, 0.25) is 0 Å². The van der Waals surface area contributed by atoms with Gasteiger partial charge in [-0.25, -0.2) is 0 Å². The topological polar surface area (TPSA) is 72.5 Å². The summed E-state index contributed by atoms with van der Waals surface area (Å²) in [6.45, 7) is 8.87. The van der Waals surface area contributed by atoms with Crippen LogP contribution >= 0.6 is 0 Å². The molecule has 1 N–H and O–H groups in total. The number of benzene rings is 1. The molecule has 1 aromatic carbocycles. The average molecular weight is 381 g/mol. The monoisotopic (exact) mass is 381 g/mol. The fourth-order valence-electron chi connectivity index (χ4n) is 3.00. The molecule has 2 rings (SSSR count). The first-order valence-corrected chi connectivity index (χ1v) is 9.34. The highest BCUT2D eigenvalue weighted by Gasteiger charge is 2.27. The molecule has 1 aromatic rings. The van der Waals surface area contributed by atoms with Gasteiger partial charge in [-0.2, -0.15) is 0 Å². The molecule has 1 unspecified atom stereocenters. The van der Waals surface area contributed by atoms with Crippen LogP contribution in [0.5, 0.6) is 0 Å². The van der Waals surface area contributed by atoms with Gasteiger partial charge in [0.25, 0.3) is 0 Å². The maximum atomic E-state index is 12.1. The number of hydrogen-bond donors (Lipinski definition) is 1. The van der Waals surface area contributed by atoms with Crippen molar-refractivity contribution < 1.29 is 19.1 Å². The van der Waals surface area contributed by atoms with Crippen molar-refractivity contribution in [3.63, 3.8) is 0 Å². The van der Waals surface area contributed by atoms with Crippen molar-refractivity contribution in [3.05, 3.63) is 64.4 Å². The van der Waals surface area contributed by atoms with Gasteiger partial charge in [-0.1, -0.05) is 23.8 Å². The molecule has 1 atom stereocenters. The fraction of sp³-hybridized carbons (Fsp3) is 0.348. The van der Waals surface area contributed by atoms with E-state index in [1.54, 1.807) is 13.8 Å². The SMILES string of the molecule is CC(=O)OC(C)CC1=C(C)C(=O)C(=O)C=C1Nc1ccc(CC=C(C)C)cc1. The van der Waals surface area contributed by atoms with Crippen LogP contribution in [0, 0.1) is 0 Å². The molecule has 0 spiro atoms. The summed E-state index contributed by atoms with van der Waals surface area (Å²) >= 11 is 0. The molecule has 0 amide bonds. The van der Waals surface area contributed by atoms with Crippen LogP contribution in [-0.2, 0) is 25.5 Å². The molecule has 0 saturated heterocycles. The number of ketones is 2. The van der Waals surface area contributed by atoms with E-state index in [9.17, 15) is 14.4 Å². The summed E-state index contributed by atoms with van der Waals surface area (Å²) in [5, 5.41) is 3.24. The van der Waals surface area contributed by atoms with Crippen molar-refractivity contribution in [1.29, 1.82) is 0 Å². The standard InChI is InChI=1S/C23H27NO4/c1-14(2)6-7-18-8-10-19(11-9-18)24-21-13-22(26)23(27)16(4)20(21)12-15(3)28-17(5)25/h6,8-11,13,15,24H,7,12H2,1-5H3. The molecule has 148 valence electrons. The molecule has 28 heavy (non-hydrogen) atoms. The van der Waals surface area contributed by atoms with Crippen LogP contribution in [0.25, 0.3) is 0 Å². The molecule has 0 aliphatic heterocycles. The molecule has 0 fully saturated rings. The van der Waals surface area contributed by atoms with Crippen LogP contribution in [0.15, 0.2) is 58.8 Å². The van der Waals surface area contributed by atoms with Crippen LogP contribution in [0.3, 0.4) is 0 Å². The van der Waals surface area contributed by atoms with Crippen molar-refractivity contribution in [2.45, 2.75) is 53.6 Å². The average Bonchev–Trinajstić information content (AvgIpc) is 2.62. The molecular weight excluding hydrogens is 354 g/mol. The van der Waals surface area contributed by atoms with E-state index in [1.165, 1.54) is 24.1 Å². The minimum absolute atomic E-state index is 0.349. The van der Waals surface area contributed by atoms with E-state index in [0.717, 1.165) is 12.1 Å². The summed E-state index contributed by atoms with van der Waals surface area (Å²) < 4.78 is 5.19. The van der Waals surface area contributed by atoms with Gasteiger partial charge in [0.2, 0.25) is 11.6 Å². The number of carbonyl (C=O) groups excluding carboxylic acids is 3. The second-order valence-corrected chi connectivity index (χ2v) is 7.29. The number of Topliss-reactive ketones (excluding diaryl/α,β-unsaturated/α-hetero) is 1. The van der Waals surface area contributed by atoms with E-state index in [4.69, 9.17) is 4.74 Å². The summed E-state index contributed by atoms with van der Waals surface area (Å²) in [6.07, 6.45) is 4.30. The number of hydrogen-bond acceptors (Lipinski definition) is 5. The Labute approximate surface area is 166 Å². The van der Waals surface area contributed by atoms with Crippen LogP contribution in [0.4, 0.5) is 5.69 Å². The fourth-order valence-corrected chi connectivity index (χ4v) is 3.00. The Morgan fingerprint density at radius 1 is 1.14 bits per heavy atom. The lowest BCUT2D eigenvalue weighted by atomic mass is 9.90. The van der Waals surface area contributed by atoms with Crippen molar-refractivity contribution >= 4 is 23.2 Å². The number of carbonyl (C=O) groups is 3. The number of rotatable bonds is 7. The van der Waals surface area contributed by atoms with Gasteiger partial charge >= 0.3 is 5.97 Å². The molecule has 0 heterocycles. The zero-order valence-electron chi connectivity index (χ0n) is 17.1. The number of ether oxygens (including phenoxy) is 1. The van der Waals surface area contributed by atoms with Gasteiger partial charge in [0, 0.05) is 36.4 Å². The summed E-state index contributed by atoms with van der Waals surface area (Å²) in [7, 11) is 0. The molecule has 0 bridgehead atoms. The Hall–Kier alpha value is -2.95. The Morgan fingerprint density at radius 3 is 2.36 bits per heavy atom. The molecule has 1 aliphatic rings. The van der Waals surface area contributed by atoms with Gasteiger partial charge in [0.15, 0.2) is 0 Å². The first-order valence-electron chi connectivity index (χ1n) is 9.34. The van der Waals surface area contributed by atoms with E-state index in [0.29, 0.717) is 23.3 Å². The number of esters is 1. The largest absolute Gasteiger partial charge is 0.463 e. The van der Waals surface area contributed by atoms with Crippen molar-refractivity contribution in [2.24, 2.45) is 0 Å². The van der Waals surface area contributed by atoms with E-state index < -0.39 is 17.7 Å². The lowest BCUT2D eigenvalue weighted by Gasteiger charge is -2.23. The number of anilines is 1. The van der Waals surface area contributed by atoms with E-state index in [2.05, 4.69) is 25.2 Å². The first-order chi connectivity index (χ1) is 13.2. The van der Waals surface area contributed by atoms with E-state index in [-0.39, 0.29) is 5.97 Å². The quantitative estimate of drug-likeness (QED) is 0.330. The zero-order valence-corrected chi connectivity index (χ0v) is 17.1. The second-order valence-electron chi connectivity index (χ2n) is 7.29. The van der Waals surface area contributed by atoms with Gasteiger partial charge in [-0.05, 0) is 57.4 Å². The Balaban J connectivity index is 2.22. The number of nitrogens with one attached hydrogen (secondary N) is 1. The molecule has 0 radical (unpaired) electrons. The molecular formula is C23H27NO4. The third-order valence-corrected chi connectivity index (χ3v) is 4.46. The van der Waals surface area contributed by atoms with Crippen molar-refractivity contribution in [3.8, 4) is 0 Å². The summed E-state index contributed by atoms with van der Waals surface area (Å²) in [5.41, 5.74) is 4.91. The molecule has 1 aliphatic carbocycles. The van der Waals surface area contributed by atoms with Gasteiger partial charge in [-0.15, -0.1) is 0 Å². The minimum atomic E-state index is -0.552. The third-order valence-electron chi connectivity index (χ3n) is 4.46. The highest BCUT2D eigenvalue weighted by atomic mass is 16.5. The Kier molecular flexibility index (Phi) is 7.10. The first kappa shape index (κ1) is 21.4. The minimum Gasteiger partial charge on any atom is -0.463 e. The van der Waals surface area contributed by atoms with Crippen LogP contribution in [0.1, 0.15) is 46.6 Å². The van der Waals surface area contributed by atoms with Gasteiger partial charge in [-0.3, -0.25) is 14.4 Å². The van der Waals surface area contributed by atoms with Gasteiger partial charge in [0.05, 0.1) is 0 Å². The maximum Gasteiger partial charge on any atom is 0.302 e. The zero-order chi connectivity index (χ0) is 20.8. The number of allylic oxidation sites excluding steroid dienone is 5. The van der Waals surface area contributed by atoms with E-state index >= 15 is 0 Å². The van der Waals surface area contributed by atoms with Gasteiger partial charge < -0.3 is 10.1 Å². The summed E-state index contributed by atoms with van der Waals surface area (Å²) in [4.78, 5) is 35.3. The van der Waals surface area contributed by atoms with E-state index in [1.807, 2.05) is 24.3 Å². The second kappa shape index (κ2) is 9.31. The highest BCUT2D eigenvalue weighted by Crippen LogP contribution is 2.28. The smallest absolute Gasteiger partial charge is 0.302 e. The summed E-state index contributed by atoms with van der Waals surface area (Å²) in [6, 6.07) is 7.93. The lowest BCUT2D eigenvalue weighted by molar-refractivity contribution is -0.145. The summed E-state index contributed by atoms with van der Waals surface area (Å²) in [5.74, 6) is -1.45. The van der Waals surface area contributed by atoms with Gasteiger partial charge in [0.1, 0.15) is 6.10 Å². The Bertz CT molecular complexity index is 868. The predicted molar refractivity (Wildman–Crippen MR) is 110 cm³/mol.